The normalized spacial score (nSPS) is 12.0. The first-order valence-corrected chi connectivity index (χ1v) is 10.6. The third-order valence-electron chi connectivity index (χ3n) is 4.94. The molecule has 0 spiro atoms. The number of benzene rings is 2. The molecule has 5 nitrogen and oxygen atoms in total. The minimum atomic E-state index is -0.597. The van der Waals surface area contributed by atoms with Crippen molar-refractivity contribution in [1.29, 1.82) is 0 Å². The average molecular weight is 411 g/mol. The highest BCUT2D eigenvalue weighted by Crippen LogP contribution is 2.26. The second kappa shape index (κ2) is 11.4. The molecule has 2 rings (SSSR count). The fraction of sp³-hybridized carbons (Fsp3) is 0.440. The maximum Gasteiger partial charge on any atom is 0.261 e. The predicted octanol–water partition coefficient (Wildman–Crippen LogP) is 4.38. The molecule has 0 fully saturated rings. The van der Waals surface area contributed by atoms with Crippen molar-refractivity contribution in [2.24, 2.45) is 5.92 Å². The summed E-state index contributed by atoms with van der Waals surface area (Å²) in [6, 6.07) is 16.8. The van der Waals surface area contributed by atoms with E-state index in [-0.39, 0.29) is 24.3 Å². The number of hydrogen-bond acceptors (Lipinski definition) is 3. The zero-order chi connectivity index (χ0) is 22.1. The van der Waals surface area contributed by atoms with Crippen molar-refractivity contribution in [3.63, 3.8) is 0 Å². The molecule has 0 saturated carbocycles. The maximum atomic E-state index is 13.1. The summed E-state index contributed by atoms with van der Waals surface area (Å²) in [7, 11) is 0. The maximum absolute atomic E-state index is 13.1. The van der Waals surface area contributed by atoms with Crippen molar-refractivity contribution in [2.45, 2.75) is 53.1 Å². The van der Waals surface area contributed by atoms with Crippen LogP contribution in [0.5, 0.6) is 5.75 Å². The number of hydrogen-bond donors (Lipinski definition) is 1. The molecule has 162 valence electrons. The van der Waals surface area contributed by atoms with E-state index >= 15 is 0 Å². The number of nitrogens with one attached hydrogen (secondary N) is 1. The summed E-state index contributed by atoms with van der Waals surface area (Å²) in [6.07, 6.45) is 0. The fourth-order valence-corrected chi connectivity index (χ4v) is 3.13. The average Bonchev–Trinajstić information content (AvgIpc) is 2.74. The standard InChI is InChI=1S/C25H34N2O3/c1-18(2)15-26-25(29)20(5)27(16-21-11-7-6-8-12-21)24(28)17-30-23-14-10-9-13-22(23)19(3)4/h6-14,18-20H,15-17H2,1-5H3,(H,26,29). The lowest BCUT2D eigenvalue weighted by atomic mass is 10.0. The molecule has 0 aliphatic rings. The van der Waals surface area contributed by atoms with Crippen molar-refractivity contribution in [3.8, 4) is 5.75 Å². The zero-order valence-corrected chi connectivity index (χ0v) is 18.7. The van der Waals surface area contributed by atoms with Gasteiger partial charge in [0, 0.05) is 13.1 Å². The van der Waals surface area contributed by atoms with Crippen molar-refractivity contribution in [1.82, 2.24) is 10.2 Å². The van der Waals surface area contributed by atoms with Gasteiger partial charge in [0.1, 0.15) is 11.8 Å². The van der Waals surface area contributed by atoms with Crippen LogP contribution in [0.4, 0.5) is 0 Å². The van der Waals surface area contributed by atoms with Crippen molar-refractivity contribution in [2.75, 3.05) is 13.2 Å². The summed E-state index contributed by atoms with van der Waals surface area (Å²) in [6.45, 7) is 10.8. The lowest BCUT2D eigenvalue weighted by molar-refractivity contribution is -0.142. The van der Waals surface area contributed by atoms with Crippen molar-refractivity contribution < 1.29 is 14.3 Å². The first-order chi connectivity index (χ1) is 14.3. The Kier molecular flexibility index (Phi) is 8.90. The Balaban J connectivity index is 2.14. The van der Waals surface area contributed by atoms with Crippen LogP contribution in [0.3, 0.4) is 0 Å². The fourth-order valence-electron chi connectivity index (χ4n) is 3.13. The van der Waals surface area contributed by atoms with E-state index in [1.54, 1.807) is 11.8 Å². The summed E-state index contributed by atoms with van der Waals surface area (Å²) in [5.41, 5.74) is 2.03. The highest BCUT2D eigenvalue weighted by atomic mass is 16.5. The van der Waals surface area contributed by atoms with Gasteiger partial charge in [-0.3, -0.25) is 9.59 Å². The van der Waals surface area contributed by atoms with E-state index in [2.05, 4.69) is 19.2 Å². The van der Waals surface area contributed by atoms with E-state index in [0.717, 1.165) is 11.1 Å². The molecule has 0 aromatic heterocycles. The van der Waals surface area contributed by atoms with Gasteiger partial charge in [-0.05, 0) is 36.0 Å². The SMILES string of the molecule is CC(C)CNC(=O)C(C)N(Cc1ccccc1)C(=O)COc1ccccc1C(C)C. The van der Waals surface area contributed by atoms with E-state index in [9.17, 15) is 9.59 Å². The molecule has 0 heterocycles. The van der Waals surface area contributed by atoms with Crippen molar-refractivity contribution in [3.05, 3.63) is 65.7 Å². The van der Waals surface area contributed by atoms with Gasteiger partial charge >= 0.3 is 0 Å². The summed E-state index contributed by atoms with van der Waals surface area (Å²) >= 11 is 0. The van der Waals surface area contributed by atoms with Crippen LogP contribution >= 0.6 is 0 Å². The van der Waals surface area contributed by atoms with Crippen LogP contribution in [-0.2, 0) is 16.1 Å². The van der Waals surface area contributed by atoms with Gasteiger partial charge in [-0.2, -0.15) is 0 Å². The Morgan fingerprint density at radius 3 is 2.20 bits per heavy atom. The molecule has 5 heteroatoms. The monoisotopic (exact) mass is 410 g/mol. The Labute approximate surface area is 180 Å². The first-order valence-electron chi connectivity index (χ1n) is 10.6. The molecule has 0 aliphatic carbocycles. The lowest BCUT2D eigenvalue weighted by Crippen LogP contribution is -2.49. The Bertz CT molecular complexity index is 818. The van der Waals surface area contributed by atoms with Crippen LogP contribution in [0.15, 0.2) is 54.6 Å². The number of carbonyl (C=O) groups is 2. The quantitative estimate of drug-likeness (QED) is 0.632. The van der Waals surface area contributed by atoms with E-state index in [1.807, 2.05) is 68.4 Å². The van der Waals surface area contributed by atoms with E-state index in [0.29, 0.717) is 24.8 Å². The molecule has 30 heavy (non-hydrogen) atoms. The summed E-state index contributed by atoms with van der Waals surface area (Å²) in [5.74, 6) is 0.963. The highest BCUT2D eigenvalue weighted by molar-refractivity contribution is 5.88. The van der Waals surface area contributed by atoms with Crippen molar-refractivity contribution >= 4 is 11.8 Å². The molecule has 0 bridgehead atoms. The third-order valence-corrected chi connectivity index (χ3v) is 4.94. The van der Waals surface area contributed by atoms with Gasteiger partial charge in [-0.1, -0.05) is 76.2 Å². The Morgan fingerprint density at radius 2 is 1.57 bits per heavy atom. The highest BCUT2D eigenvalue weighted by Gasteiger charge is 2.26. The molecule has 0 aliphatic heterocycles. The topological polar surface area (TPSA) is 58.6 Å². The molecule has 1 atom stereocenters. The number of amides is 2. The molecule has 2 amide bonds. The van der Waals surface area contributed by atoms with Gasteiger partial charge in [-0.25, -0.2) is 0 Å². The number of nitrogens with zero attached hydrogens (tertiary/aromatic N) is 1. The lowest BCUT2D eigenvalue weighted by Gasteiger charge is -2.29. The van der Waals surface area contributed by atoms with Crippen LogP contribution in [0.25, 0.3) is 0 Å². The molecule has 0 saturated heterocycles. The zero-order valence-electron chi connectivity index (χ0n) is 18.7. The van der Waals surface area contributed by atoms with Gasteiger partial charge in [0.05, 0.1) is 0 Å². The molecular weight excluding hydrogens is 376 g/mol. The van der Waals surface area contributed by atoms with Crippen LogP contribution in [-0.4, -0.2) is 35.9 Å². The Morgan fingerprint density at radius 1 is 0.933 bits per heavy atom. The van der Waals surface area contributed by atoms with Crippen LogP contribution in [0.1, 0.15) is 51.7 Å². The van der Waals surface area contributed by atoms with Crippen LogP contribution < -0.4 is 10.1 Å². The van der Waals surface area contributed by atoms with Gasteiger partial charge < -0.3 is 15.0 Å². The largest absolute Gasteiger partial charge is 0.483 e. The third kappa shape index (κ3) is 6.90. The van der Waals surface area contributed by atoms with Gasteiger partial charge in [-0.15, -0.1) is 0 Å². The number of ether oxygens (including phenoxy) is 1. The van der Waals surface area contributed by atoms with Gasteiger partial charge in [0.2, 0.25) is 5.91 Å². The van der Waals surface area contributed by atoms with E-state index < -0.39 is 6.04 Å². The first kappa shape index (κ1) is 23.5. The molecular formula is C25H34N2O3. The van der Waals surface area contributed by atoms with E-state index in [4.69, 9.17) is 4.74 Å². The molecule has 0 radical (unpaired) electrons. The van der Waals surface area contributed by atoms with Crippen LogP contribution in [0, 0.1) is 5.92 Å². The summed E-state index contributed by atoms with van der Waals surface area (Å²) in [5, 5.41) is 2.93. The van der Waals surface area contributed by atoms with Crippen LogP contribution in [0.2, 0.25) is 0 Å². The molecule has 1 N–H and O–H groups in total. The number of rotatable bonds is 10. The second-order valence-corrected chi connectivity index (χ2v) is 8.30. The minimum Gasteiger partial charge on any atom is -0.483 e. The molecule has 2 aromatic rings. The number of para-hydroxylation sites is 1. The number of carbonyl (C=O) groups excluding carboxylic acids is 2. The summed E-state index contributed by atoms with van der Waals surface area (Å²) < 4.78 is 5.88. The smallest absolute Gasteiger partial charge is 0.261 e. The summed E-state index contributed by atoms with van der Waals surface area (Å²) in [4.78, 5) is 27.3. The van der Waals surface area contributed by atoms with Gasteiger partial charge in [0.25, 0.3) is 5.91 Å². The predicted molar refractivity (Wildman–Crippen MR) is 120 cm³/mol. The van der Waals surface area contributed by atoms with E-state index in [1.165, 1.54) is 0 Å². The Hall–Kier alpha value is -2.82. The van der Waals surface area contributed by atoms with Gasteiger partial charge in [0.15, 0.2) is 6.61 Å². The second-order valence-electron chi connectivity index (χ2n) is 8.30. The molecule has 2 aromatic carbocycles. The minimum absolute atomic E-state index is 0.113. The molecule has 1 unspecified atom stereocenters.